The van der Waals surface area contributed by atoms with E-state index in [1.54, 1.807) is 16.7 Å². The Labute approximate surface area is 190 Å². The summed E-state index contributed by atoms with van der Waals surface area (Å²) < 4.78 is 9.36. The molecule has 6 heterocycles. The number of fused-ring (bicyclic) bond motifs is 1. The molecular weight excluding hydrogens is 424 g/mol. The molecule has 3 aliphatic heterocycles. The summed E-state index contributed by atoms with van der Waals surface area (Å²) in [6.45, 7) is 5.16. The van der Waals surface area contributed by atoms with Crippen LogP contribution in [0.5, 0.6) is 5.75 Å². The number of likely N-dealkylation sites (tertiary alicyclic amines) is 1. The van der Waals surface area contributed by atoms with Gasteiger partial charge < -0.3 is 15.0 Å². The van der Waals surface area contributed by atoms with Crippen molar-refractivity contribution in [2.75, 3.05) is 26.2 Å². The summed E-state index contributed by atoms with van der Waals surface area (Å²) in [7, 11) is 0. The van der Waals surface area contributed by atoms with Gasteiger partial charge in [-0.2, -0.15) is 0 Å². The number of nitrogens with zero attached hydrogens (tertiary/aromatic N) is 3. The first kappa shape index (κ1) is 20.2. The molecule has 0 bridgehead atoms. The fraction of sp³-hybridized carbons (Fsp3) is 0.500. The minimum Gasteiger partial charge on any atom is -0.492 e. The normalized spacial score (nSPS) is 21.1. The van der Waals surface area contributed by atoms with Crippen LogP contribution in [-0.4, -0.2) is 46.3 Å². The van der Waals surface area contributed by atoms with Crippen molar-refractivity contribution >= 4 is 22.4 Å². The lowest BCUT2D eigenvalue weighted by atomic mass is 10.0. The van der Waals surface area contributed by atoms with Crippen LogP contribution in [0.4, 0.5) is 0 Å². The van der Waals surface area contributed by atoms with Crippen molar-refractivity contribution in [3.63, 3.8) is 0 Å². The van der Waals surface area contributed by atoms with E-state index in [0.717, 1.165) is 75.3 Å². The van der Waals surface area contributed by atoms with Gasteiger partial charge in [0.2, 0.25) is 0 Å². The average molecular weight is 453 g/mol. The monoisotopic (exact) mass is 452 g/mol. The lowest BCUT2D eigenvalue weighted by molar-refractivity contribution is 0.171. The van der Waals surface area contributed by atoms with Crippen LogP contribution in [-0.2, 0) is 19.5 Å². The van der Waals surface area contributed by atoms with Crippen LogP contribution in [0.25, 0.3) is 11.0 Å². The number of hydrogen-bond acceptors (Lipinski definition) is 6. The quantitative estimate of drug-likeness (QED) is 0.644. The minimum absolute atomic E-state index is 0.0153. The Morgan fingerprint density at radius 2 is 1.91 bits per heavy atom. The SMILES string of the molecule is O=c1ccc2ccc(=O)n3c2n1C[C@H]3CN1CCC(NCc2cc3c(s2)CCCO3)CC1. The standard InChI is InChI=1S/C24H28N4O3S/c29-22-5-3-16-4-6-23(30)28-18(15-27(22)24(16)28)14-26-9-7-17(8-10-26)25-13-19-12-20-21(32-19)2-1-11-31-20/h3-6,12,17-18,25H,1-2,7-11,13-15H2/t18-/m1/s1. The fourth-order valence-corrected chi connectivity index (χ4v) is 6.52. The van der Waals surface area contributed by atoms with Gasteiger partial charge in [-0.15, -0.1) is 11.3 Å². The van der Waals surface area contributed by atoms with Crippen molar-refractivity contribution in [3.8, 4) is 5.75 Å². The first-order valence-corrected chi connectivity index (χ1v) is 12.4. The van der Waals surface area contributed by atoms with Gasteiger partial charge in [0.25, 0.3) is 11.1 Å². The van der Waals surface area contributed by atoms with E-state index in [4.69, 9.17) is 4.74 Å². The number of thiophene rings is 1. The average Bonchev–Trinajstić information content (AvgIpc) is 3.40. The van der Waals surface area contributed by atoms with Crippen molar-refractivity contribution in [2.24, 2.45) is 0 Å². The van der Waals surface area contributed by atoms with E-state index in [9.17, 15) is 9.59 Å². The Hall–Kier alpha value is -2.42. The highest BCUT2D eigenvalue weighted by Crippen LogP contribution is 2.33. The molecule has 3 aliphatic rings. The summed E-state index contributed by atoms with van der Waals surface area (Å²) >= 11 is 1.88. The van der Waals surface area contributed by atoms with Crippen molar-refractivity contribution in [1.82, 2.24) is 19.4 Å². The summed E-state index contributed by atoms with van der Waals surface area (Å²) in [5, 5.41) is 4.69. The molecule has 1 atom stereocenters. The molecule has 0 aromatic carbocycles. The van der Waals surface area contributed by atoms with Crippen LogP contribution in [0, 0.1) is 0 Å². The summed E-state index contributed by atoms with van der Waals surface area (Å²) in [4.78, 5) is 30.2. The maximum absolute atomic E-state index is 12.6. The number of aromatic nitrogens is 2. The number of nitrogens with one attached hydrogen (secondary N) is 1. The summed E-state index contributed by atoms with van der Waals surface area (Å²) in [5.74, 6) is 1.09. The third-order valence-corrected chi connectivity index (χ3v) is 8.24. The number of rotatable bonds is 5. The molecule has 168 valence electrons. The third kappa shape index (κ3) is 3.60. The van der Waals surface area contributed by atoms with Crippen LogP contribution in [0.2, 0.25) is 0 Å². The maximum atomic E-state index is 12.6. The van der Waals surface area contributed by atoms with E-state index in [-0.39, 0.29) is 17.2 Å². The van der Waals surface area contributed by atoms with Crippen LogP contribution in [0.1, 0.15) is 35.1 Å². The number of aryl methyl sites for hydroxylation is 1. The molecule has 32 heavy (non-hydrogen) atoms. The van der Waals surface area contributed by atoms with Gasteiger partial charge >= 0.3 is 0 Å². The van der Waals surface area contributed by atoms with E-state index in [1.165, 1.54) is 9.75 Å². The molecule has 1 fully saturated rings. The molecule has 0 amide bonds. The first-order valence-electron chi connectivity index (χ1n) is 11.6. The van der Waals surface area contributed by atoms with Gasteiger partial charge in [-0.1, -0.05) is 0 Å². The van der Waals surface area contributed by atoms with Crippen LogP contribution < -0.4 is 21.2 Å². The molecule has 3 aromatic heterocycles. The highest BCUT2D eigenvalue weighted by molar-refractivity contribution is 7.12. The van der Waals surface area contributed by atoms with E-state index in [2.05, 4.69) is 16.3 Å². The number of ether oxygens (including phenoxy) is 1. The van der Waals surface area contributed by atoms with E-state index < -0.39 is 0 Å². The smallest absolute Gasteiger partial charge is 0.252 e. The van der Waals surface area contributed by atoms with Crippen molar-refractivity contribution in [1.29, 1.82) is 0 Å². The van der Waals surface area contributed by atoms with Gasteiger partial charge in [-0.05, 0) is 57.0 Å². The topological polar surface area (TPSA) is 68.5 Å². The molecule has 8 heteroatoms. The zero-order valence-corrected chi connectivity index (χ0v) is 18.9. The van der Waals surface area contributed by atoms with Gasteiger partial charge in [0.05, 0.1) is 12.6 Å². The van der Waals surface area contributed by atoms with Gasteiger partial charge in [0, 0.05) is 52.9 Å². The van der Waals surface area contributed by atoms with Gasteiger partial charge in [-0.25, -0.2) is 0 Å². The molecule has 0 unspecified atom stereocenters. The molecule has 0 radical (unpaired) electrons. The molecule has 0 aliphatic carbocycles. The summed E-state index contributed by atoms with van der Waals surface area (Å²) in [5.41, 5.74) is 0.732. The van der Waals surface area contributed by atoms with E-state index in [0.29, 0.717) is 12.6 Å². The first-order chi connectivity index (χ1) is 15.7. The Kier molecular flexibility index (Phi) is 5.16. The second kappa shape index (κ2) is 8.17. The molecule has 1 N–H and O–H groups in total. The lowest BCUT2D eigenvalue weighted by Crippen LogP contribution is -2.44. The third-order valence-electron chi connectivity index (χ3n) is 7.06. The summed E-state index contributed by atoms with van der Waals surface area (Å²) in [6.07, 6.45) is 4.47. The molecule has 7 nitrogen and oxygen atoms in total. The van der Waals surface area contributed by atoms with Gasteiger partial charge in [0.1, 0.15) is 11.4 Å². The van der Waals surface area contributed by atoms with Crippen molar-refractivity contribution in [2.45, 2.75) is 50.9 Å². The molecule has 6 rings (SSSR count). The van der Waals surface area contributed by atoms with Crippen molar-refractivity contribution in [3.05, 3.63) is 60.8 Å². The largest absolute Gasteiger partial charge is 0.492 e. The zero-order chi connectivity index (χ0) is 21.7. The Balaban J connectivity index is 1.07. The Morgan fingerprint density at radius 1 is 1.09 bits per heavy atom. The second-order valence-electron chi connectivity index (χ2n) is 9.16. The highest BCUT2D eigenvalue weighted by Gasteiger charge is 2.29. The van der Waals surface area contributed by atoms with E-state index in [1.807, 2.05) is 28.0 Å². The zero-order valence-electron chi connectivity index (χ0n) is 18.1. The molecule has 0 saturated carbocycles. The van der Waals surface area contributed by atoms with E-state index >= 15 is 0 Å². The van der Waals surface area contributed by atoms with Crippen LogP contribution in [0.3, 0.4) is 0 Å². The van der Waals surface area contributed by atoms with Crippen molar-refractivity contribution < 1.29 is 4.74 Å². The minimum atomic E-state index is -0.0251. The predicted molar refractivity (Wildman–Crippen MR) is 126 cm³/mol. The van der Waals surface area contributed by atoms with Crippen LogP contribution in [0.15, 0.2) is 39.9 Å². The number of pyridine rings is 2. The maximum Gasteiger partial charge on any atom is 0.252 e. The Bertz CT molecular complexity index is 1240. The number of hydrogen-bond donors (Lipinski definition) is 1. The molecule has 3 aromatic rings. The lowest BCUT2D eigenvalue weighted by Gasteiger charge is -2.34. The molecule has 1 saturated heterocycles. The predicted octanol–water partition coefficient (Wildman–Crippen LogP) is 2.36. The second-order valence-corrected chi connectivity index (χ2v) is 10.4. The summed E-state index contributed by atoms with van der Waals surface area (Å²) in [6, 6.07) is 9.61. The van der Waals surface area contributed by atoms with Gasteiger partial charge in [-0.3, -0.25) is 18.7 Å². The molecule has 0 spiro atoms. The number of piperidine rings is 1. The van der Waals surface area contributed by atoms with Crippen LogP contribution >= 0.6 is 11.3 Å². The Morgan fingerprint density at radius 3 is 2.72 bits per heavy atom. The van der Waals surface area contributed by atoms with Gasteiger partial charge in [0.15, 0.2) is 0 Å². The molecular formula is C24H28N4O3S. The highest BCUT2D eigenvalue weighted by atomic mass is 32.1. The fourth-order valence-electron chi connectivity index (χ4n) is 5.42.